The summed E-state index contributed by atoms with van der Waals surface area (Å²) in [5, 5.41) is 10.5. The maximum Gasteiger partial charge on any atom is 0.274 e. The van der Waals surface area contributed by atoms with Crippen LogP contribution in [0.3, 0.4) is 0 Å². The number of carbonyl (C=O) groups is 1. The highest BCUT2D eigenvalue weighted by atomic mass is 35.5. The van der Waals surface area contributed by atoms with Gasteiger partial charge in [0, 0.05) is 57.9 Å². The molecule has 2 aromatic carbocycles. The van der Waals surface area contributed by atoms with Crippen LogP contribution in [-0.2, 0) is 23.3 Å². The van der Waals surface area contributed by atoms with Gasteiger partial charge in [-0.1, -0.05) is 30.7 Å². The number of nitrogens with one attached hydrogen (secondary N) is 3. The lowest BCUT2D eigenvalue weighted by molar-refractivity contribution is 0.0610. The summed E-state index contributed by atoms with van der Waals surface area (Å²) >= 11 is 6.65. The number of likely N-dealkylation sites (tertiary alicyclic amines) is 1. The van der Waals surface area contributed by atoms with Crippen LogP contribution in [0.1, 0.15) is 47.8 Å². The van der Waals surface area contributed by atoms with E-state index >= 15 is 0 Å². The molecular weight excluding hydrogens is 702 g/mol. The van der Waals surface area contributed by atoms with Crippen molar-refractivity contribution in [2.75, 3.05) is 56.0 Å². The second-order valence-corrected chi connectivity index (χ2v) is 14.1. The summed E-state index contributed by atoms with van der Waals surface area (Å²) in [6.45, 7) is 5.92. The highest BCUT2D eigenvalue weighted by Crippen LogP contribution is 2.31. The van der Waals surface area contributed by atoms with Crippen molar-refractivity contribution in [2.45, 2.75) is 51.4 Å². The van der Waals surface area contributed by atoms with Crippen LogP contribution in [0.2, 0.25) is 5.15 Å². The lowest BCUT2D eigenvalue weighted by Gasteiger charge is -2.47. The topological polar surface area (TPSA) is 149 Å². The molecular formula is C32H40ClF4N9O3S. The van der Waals surface area contributed by atoms with Crippen molar-refractivity contribution in [3.8, 4) is 0 Å². The maximum absolute atomic E-state index is 13.9. The van der Waals surface area contributed by atoms with Crippen molar-refractivity contribution in [2.24, 2.45) is 5.14 Å². The Morgan fingerprint density at radius 1 is 0.940 bits per heavy atom. The van der Waals surface area contributed by atoms with Gasteiger partial charge in [0.1, 0.15) is 0 Å². The number of nitrogens with zero attached hydrogens (tertiary/aromatic N) is 5. The summed E-state index contributed by atoms with van der Waals surface area (Å²) < 4.78 is 78.9. The van der Waals surface area contributed by atoms with Crippen LogP contribution in [0.25, 0.3) is 0 Å². The van der Waals surface area contributed by atoms with Crippen molar-refractivity contribution >= 4 is 39.4 Å². The molecule has 50 heavy (non-hydrogen) atoms. The van der Waals surface area contributed by atoms with Crippen LogP contribution >= 0.6 is 11.6 Å². The number of piperidine rings is 1. The van der Waals surface area contributed by atoms with E-state index in [1.807, 2.05) is 4.90 Å². The highest BCUT2D eigenvalue weighted by molar-refractivity contribution is 7.87. The average molecular weight is 742 g/mol. The summed E-state index contributed by atoms with van der Waals surface area (Å²) in [6, 6.07) is 7.95. The van der Waals surface area contributed by atoms with Crippen LogP contribution in [0, 0.1) is 23.3 Å². The Balaban J connectivity index is 1.27. The van der Waals surface area contributed by atoms with Crippen LogP contribution in [0.4, 0.5) is 29.2 Å². The van der Waals surface area contributed by atoms with Gasteiger partial charge in [-0.2, -0.15) is 8.42 Å². The Labute approximate surface area is 293 Å². The predicted molar refractivity (Wildman–Crippen MR) is 182 cm³/mol. The summed E-state index contributed by atoms with van der Waals surface area (Å²) in [5.41, 5.74) is 0.959. The maximum atomic E-state index is 13.9. The Hall–Kier alpha value is -3.61. The zero-order valence-electron chi connectivity index (χ0n) is 27.4. The molecule has 0 aliphatic carbocycles. The lowest BCUT2D eigenvalue weighted by Crippen LogP contribution is -2.58. The molecule has 1 amide bonds. The number of amides is 1. The van der Waals surface area contributed by atoms with E-state index in [4.69, 9.17) is 21.7 Å². The molecule has 0 unspecified atom stereocenters. The van der Waals surface area contributed by atoms with E-state index in [1.165, 1.54) is 12.1 Å². The third-order valence-electron chi connectivity index (χ3n) is 8.92. The van der Waals surface area contributed by atoms with Gasteiger partial charge in [0.25, 0.3) is 16.1 Å². The first-order valence-electron chi connectivity index (χ1n) is 16.3. The smallest absolute Gasteiger partial charge is 0.274 e. The van der Waals surface area contributed by atoms with Gasteiger partial charge in [-0.3, -0.25) is 14.6 Å². The van der Waals surface area contributed by atoms with Crippen LogP contribution in [-0.4, -0.2) is 92.0 Å². The van der Waals surface area contributed by atoms with E-state index in [9.17, 15) is 30.8 Å². The van der Waals surface area contributed by atoms with Crippen LogP contribution in [0.5, 0.6) is 0 Å². The molecule has 272 valence electrons. The van der Waals surface area contributed by atoms with E-state index in [2.05, 4.69) is 37.1 Å². The molecule has 3 heterocycles. The molecule has 5 N–H and O–H groups in total. The van der Waals surface area contributed by atoms with Crippen molar-refractivity contribution in [1.29, 1.82) is 0 Å². The average Bonchev–Trinajstić information content (AvgIpc) is 3.08. The Morgan fingerprint density at radius 2 is 1.60 bits per heavy atom. The van der Waals surface area contributed by atoms with Gasteiger partial charge in [0.05, 0.1) is 0 Å². The molecule has 2 aliphatic heterocycles. The second kappa shape index (κ2) is 16.6. The van der Waals surface area contributed by atoms with Gasteiger partial charge in [-0.25, -0.2) is 37.4 Å². The van der Waals surface area contributed by atoms with E-state index in [-0.39, 0.29) is 42.3 Å². The molecule has 18 heteroatoms. The standard InChI is InChI=1S/C32H40ClF4N9O3S/c1-2-22-19-45(13-14-46(22)23-7-11-44(12-8-23)18-21-4-6-25(35)27(37)16-21)31-29(33)42-28(32(47)39-9-10-41-50(38,48)49)30(43-31)40-17-20-3-5-24(34)26(36)15-20/h3-6,15-16,22-23,41H,2,7-14,17-19H2,1H3,(H,39,47)(H,40,43)(H2,38,48,49)/t22-/m0/s1. The van der Waals surface area contributed by atoms with Gasteiger partial charge in [0.15, 0.2) is 45.8 Å². The molecule has 2 aliphatic rings. The third-order valence-corrected chi connectivity index (χ3v) is 9.78. The molecule has 12 nitrogen and oxygen atoms in total. The largest absolute Gasteiger partial charge is 0.364 e. The zero-order valence-corrected chi connectivity index (χ0v) is 29.0. The number of hydrogen-bond acceptors (Lipinski definition) is 9. The first-order valence-corrected chi connectivity index (χ1v) is 18.2. The Morgan fingerprint density at radius 3 is 2.24 bits per heavy atom. The summed E-state index contributed by atoms with van der Waals surface area (Å²) in [6.07, 6.45) is 2.70. The van der Waals surface area contributed by atoms with Crippen molar-refractivity contribution in [3.63, 3.8) is 0 Å². The van der Waals surface area contributed by atoms with Gasteiger partial charge in [-0.15, -0.1) is 0 Å². The first kappa shape index (κ1) is 37.6. The van der Waals surface area contributed by atoms with Gasteiger partial charge < -0.3 is 15.5 Å². The molecule has 0 saturated carbocycles. The molecule has 3 aromatic rings. The molecule has 2 fully saturated rings. The third kappa shape index (κ3) is 9.79. The number of piperazine rings is 1. The SMILES string of the molecule is CC[C@H]1CN(c2nc(NCc3ccc(F)c(F)c3)c(C(=O)NCCNS(N)(=O)=O)nc2Cl)CCN1C1CCN(Cc2ccc(F)c(F)c2)CC1. The summed E-state index contributed by atoms with van der Waals surface area (Å²) in [4.78, 5) is 28.9. The van der Waals surface area contributed by atoms with E-state index < -0.39 is 39.4 Å². The quantitative estimate of drug-likeness (QED) is 0.153. The van der Waals surface area contributed by atoms with E-state index in [0.717, 1.165) is 62.7 Å². The van der Waals surface area contributed by atoms with E-state index in [0.29, 0.717) is 37.1 Å². The Kier molecular flexibility index (Phi) is 12.5. The molecule has 1 atom stereocenters. The predicted octanol–water partition coefficient (Wildman–Crippen LogP) is 3.39. The van der Waals surface area contributed by atoms with Crippen LogP contribution < -0.4 is 25.4 Å². The number of nitrogens with two attached hydrogens (primary N) is 1. The number of aromatic nitrogens is 2. The number of rotatable bonds is 13. The fourth-order valence-corrected chi connectivity index (χ4v) is 7.02. The number of anilines is 2. The number of carbonyl (C=O) groups excluding carboxylic acids is 1. The summed E-state index contributed by atoms with van der Waals surface area (Å²) in [7, 11) is -3.95. The normalized spacial score (nSPS) is 18.0. The minimum absolute atomic E-state index is 0.00923. The van der Waals surface area contributed by atoms with Gasteiger partial charge in [0.2, 0.25) is 0 Å². The van der Waals surface area contributed by atoms with Gasteiger partial charge >= 0.3 is 0 Å². The molecule has 0 spiro atoms. The zero-order chi connectivity index (χ0) is 36.0. The Bertz CT molecular complexity index is 1780. The minimum Gasteiger partial charge on any atom is -0.364 e. The molecule has 1 aromatic heterocycles. The monoisotopic (exact) mass is 741 g/mol. The fraction of sp³-hybridized carbons (Fsp3) is 0.469. The molecule has 0 bridgehead atoms. The van der Waals surface area contributed by atoms with Crippen molar-refractivity contribution < 1.29 is 30.8 Å². The molecule has 5 rings (SSSR count). The van der Waals surface area contributed by atoms with Crippen LogP contribution in [0.15, 0.2) is 36.4 Å². The van der Waals surface area contributed by atoms with Gasteiger partial charge in [-0.05, 0) is 67.7 Å². The highest BCUT2D eigenvalue weighted by Gasteiger charge is 2.35. The summed E-state index contributed by atoms with van der Waals surface area (Å²) in [5.74, 6) is -4.00. The molecule has 2 saturated heterocycles. The van der Waals surface area contributed by atoms with E-state index in [1.54, 1.807) is 6.07 Å². The first-order chi connectivity index (χ1) is 23.8. The number of halogens is 5. The number of benzene rings is 2. The van der Waals surface area contributed by atoms with Crippen molar-refractivity contribution in [3.05, 3.63) is 81.6 Å². The fourth-order valence-electron chi connectivity index (χ4n) is 6.39. The van der Waals surface area contributed by atoms with Crippen molar-refractivity contribution in [1.82, 2.24) is 29.8 Å². The lowest BCUT2D eigenvalue weighted by atomic mass is 9.98. The minimum atomic E-state index is -3.95. The molecule has 0 radical (unpaired) electrons. The second-order valence-electron chi connectivity index (χ2n) is 12.3. The number of hydrogen-bond donors (Lipinski definition) is 4.